The Morgan fingerprint density at radius 3 is 2.31 bits per heavy atom. The summed E-state index contributed by atoms with van der Waals surface area (Å²) in [4.78, 5) is 35.1. The first-order chi connectivity index (χ1) is 22.5. The number of nitrogens with one attached hydrogen (secondary N) is 2. The van der Waals surface area contributed by atoms with Gasteiger partial charge < -0.3 is 15.2 Å². The van der Waals surface area contributed by atoms with Gasteiger partial charge in [0, 0.05) is 31.8 Å². The number of aryl methyl sites for hydroxylation is 1. The van der Waals surface area contributed by atoms with Crippen LogP contribution in [0.4, 0.5) is 39.5 Å². The SMILES string of the molecule is Cc1nonc1C(=O)N[C@H](c1nc2c(F)c([C@@H]3CN(CC(F)F)C[C@@H]3C(=O)N3CC(F)(F)C(F)(F)C3)ccc2[nH]1)C1CCC(F)(F)CC1. The highest BCUT2D eigenvalue weighted by Gasteiger charge is 2.64. The van der Waals surface area contributed by atoms with Crippen LogP contribution in [0.3, 0.4) is 0 Å². The summed E-state index contributed by atoms with van der Waals surface area (Å²) in [5.74, 6) is -17.9. The Balaban J connectivity index is 1.33. The number of rotatable bonds is 8. The van der Waals surface area contributed by atoms with Gasteiger partial charge in [0.1, 0.15) is 17.0 Å². The number of H-pyrrole nitrogens is 1. The minimum absolute atomic E-state index is 0.0126. The second kappa shape index (κ2) is 12.2. The number of fused-ring (bicyclic) bond motifs is 1. The number of hydrogen-bond donors (Lipinski definition) is 2. The molecule has 1 saturated carbocycles. The summed E-state index contributed by atoms with van der Waals surface area (Å²) in [5, 5.41) is 9.82. The van der Waals surface area contributed by atoms with Crippen LogP contribution in [0.25, 0.3) is 11.0 Å². The lowest BCUT2D eigenvalue weighted by molar-refractivity contribution is -0.172. The third-order valence-electron chi connectivity index (χ3n) is 9.46. The number of aromatic nitrogens is 4. The van der Waals surface area contributed by atoms with Gasteiger partial charge in [-0.1, -0.05) is 11.2 Å². The summed E-state index contributed by atoms with van der Waals surface area (Å²) >= 11 is 0. The summed E-state index contributed by atoms with van der Waals surface area (Å²) in [6.07, 6.45) is -3.81. The Bertz CT molecular complexity index is 1670. The second-order valence-corrected chi connectivity index (χ2v) is 12.8. The lowest BCUT2D eigenvalue weighted by Crippen LogP contribution is -2.39. The van der Waals surface area contributed by atoms with Gasteiger partial charge in [-0.05, 0) is 42.5 Å². The summed E-state index contributed by atoms with van der Waals surface area (Å²) in [6.45, 7) is -3.24. The van der Waals surface area contributed by atoms with Gasteiger partial charge in [0.25, 0.3) is 12.3 Å². The molecule has 6 rings (SSSR count). The fraction of sp³-hybridized carbons (Fsp3) is 0.621. The van der Waals surface area contributed by atoms with E-state index in [0.29, 0.717) is 0 Å². The zero-order chi connectivity index (χ0) is 34.8. The van der Waals surface area contributed by atoms with Gasteiger partial charge in [0.05, 0.1) is 37.1 Å². The molecule has 0 bridgehead atoms. The van der Waals surface area contributed by atoms with Crippen LogP contribution in [0.15, 0.2) is 16.8 Å². The smallest absolute Gasteiger partial charge is 0.329 e. The molecule has 0 radical (unpaired) electrons. The topological polar surface area (TPSA) is 120 Å². The van der Waals surface area contributed by atoms with Crippen molar-refractivity contribution < 1.29 is 53.7 Å². The van der Waals surface area contributed by atoms with Gasteiger partial charge in [-0.3, -0.25) is 14.5 Å². The standard InChI is InChI=1S/C29H30F9N7O3/c1-13-21(43-48-42-13)25(46)41-22(14-4-6-27(33,34)7-5-14)24-39-18-3-2-15(20(32)23(18)40-24)16-8-44(10-19(30)31)9-17(16)26(47)45-11-28(35,36)29(37,38)12-45/h2-3,14,16-17,19,22H,4-12H2,1H3,(H,39,40)(H,41,46)/t16-,17-,22-/m0/s1. The second-order valence-electron chi connectivity index (χ2n) is 12.8. The van der Waals surface area contributed by atoms with E-state index < -0.39 is 105 Å². The zero-order valence-corrected chi connectivity index (χ0v) is 25.3. The predicted octanol–water partition coefficient (Wildman–Crippen LogP) is 5.08. The first-order valence-corrected chi connectivity index (χ1v) is 15.2. The van der Waals surface area contributed by atoms with Crippen LogP contribution >= 0.6 is 0 Å². The van der Waals surface area contributed by atoms with Gasteiger partial charge in [0.15, 0.2) is 11.5 Å². The van der Waals surface area contributed by atoms with E-state index in [1.807, 2.05) is 0 Å². The van der Waals surface area contributed by atoms with E-state index in [0.717, 1.165) is 4.90 Å². The lowest BCUT2D eigenvalue weighted by Gasteiger charge is -2.33. The minimum Gasteiger partial charge on any atom is -0.340 e. The number of nitrogens with zero attached hydrogens (tertiary/aromatic N) is 5. The van der Waals surface area contributed by atoms with Crippen molar-refractivity contribution in [3.63, 3.8) is 0 Å². The van der Waals surface area contributed by atoms with Crippen molar-refractivity contribution in [3.05, 3.63) is 40.7 Å². The molecule has 1 aliphatic carbocycles. The van der Waals surface area contributed by atoms with Crippen molar-refractivity contribution in [2.45, 2.75) is 68.8 Å². The van der Waals surface area contributed by atoms with E-state index in [1.165, 1.54) is 19.1 Å². The molecule has 2 N–H and O–H groups in total. The number of alkyl halides is 8. The van der Waals surface area contributed by atoms with Crippen molar-refractivity contribution in [1.29, 1.82) is 0 Å². The molecule has 2 aromatic heterocycles. The number of amides is 2. The van der Waals surface area contributed by atoms with E-state index in [9.17, 15) is 44.7 Å². The van der Waals surface area contributed by atoms with Crippen LogP contribution in [0.2, 0.25) is 0 Å². The van der Waals surface area contributed by atoms with Gasteiger partial charge in [-0.15, -0.1) is 0 Å². The third-order valence-corrected chi connectivity index (χ3v) is 9.46. The number of hydrogen-bond acceptors (Lipinski definition) is 7. The molecule has 2 aliphatic heterocycles. The van der Waals surface area contributed by atoms with E-state index in [1.54, 1.807) is 0 Å². The summed E-state index contributed by atoms with van der Waals surface area (Å²) in [6, 6.07) is 1.60. The molecule has 2 amide bonds. The Morgan fingerprint density at radius 2 is 1.71 bits per heavy atom. The molecule has 0 unspecified atom stereocenters. The Morgan fingerprint density at radius 1 is 1.04 bits per heavy atom. The molecule has 10 nitrogen and oxygen atoms in total. The summed E-state index contributed by atoms with van der Waals surface area (Å²) in [5.41, 5.74) is -0.375. The molecule has 3 atom stereocenters. The van der Waals surface area contributed by atoms with Crippen LogP contribution in [0.1, 0.15) is 65.2 Å². The first-order valence-electron chi connectivity index (χ1n) is 15.2. The highest BCUT2D eigenvalue weighted by Crippen LogP contribution is 2.45. The Labute approximate surface area is 266 Å². The monoisotopic (exact) mass is 695 g/mol. The van der Waals surface area contributed by atoms with E-state index in [2.05, 4.69) is 30.2 Å². The average Bonchev–Trinajstić information content (AvgIpc) is 3.76. The number of benzene rings is 1. The molecular weight excluding hydrogens is 665 g/mol. The Kier molecular flexibility index (Phi) is 8.64. The number of imidazole rings is 1. The lowest BCUT2D eigenvalue weighted by atomic mass is 9.81. The number of carbonyl (C=O) groups is 2. The first kappa shape index (κ1) is 34.0. The largest absolute Gasteiger partial charge is 0.340 e. The van der Waals surface area contributed by atoms with Gasteiger partial charge in [-0.25, -0.2) is 31.6 Å². The maximum atomic E-state index is 16.3. The number of halogens is 9. The van der Waals surface area contributed by atoms with Crippen LogP contribution in [0.5, 0.6) is 0 Å². The van der Waals surface area contributed by atoms with Gasteiger partial charge in [0.2, 0.25) is 11.8 Å². The number of carbonyl (C=O) groups excluding carboxylic acids is 2. The molecule has 0 spiro atoms. The van der Waals surface area contributed by atoms with Crippen molar-refractivity contribution in [2.24, 2.45) is 11.8 Å². The number of likely N-dealkylation sites (tertiary alicyclic amines) is 2. The average molecular weight is 696 g/mol. The molecule has 3 fully saturated rings. The van der Waals surface area contributed by atoms with Crippen LogP contribution in [0, 0.1) is 24.6 Å². The van der Waals surface area contributed by atoms with Crippen molar-refractivity contribution in [2.75, 3.05) is 32.7 Å². The summed E-state index contributed by atoms with van der Waals surface area (Å²) in [7, 11) is 0. The summed E-state index contributed by atoms with van der Waals surface area (Å²) < 4.78 is 131. The normalized spacial score (nSPS) is 24.9. The molecule has 1 aromatic carbocycles. The Hall–Kier alpha value is -3.90. The molecule has 262 valence electrons. The fourth-order valence-electron chi connectivity index (χ4n) is 6.91. The van der Waals surface area contributed by atoms with Crippen LogP contribution < -0.4 is 5.32 Å². The van der Waals surface area contributed by atoms with Gasteiger partial charge >= 0.3 is 11.8 Å². The van der Waals surface area contributed by atoms with Crippen LogP contribution in [-0.2, 0) is 4.79 Å². The molecule has 4 heterocycles. The maximum Gasteiger partial charge on any atom is 0.329 e. The van der Waals surface area contributed by atoms with Crippen molar-refractivity contribution in [1.82, 2.24) is 35.4 Å². The number of aromatic amines is 1. The highest BCUT2D eigenvalue weighted by molar-refractivity contribution is 5.93. The third kappa shape index (κ3) is 6.32. The molecule has 19 heteroatoms. The van der Waals surface area contributed by atoms with E-state index in [-0.39, 0.29) is 58.1 Å². The predicted molar refractivity (Wildman–Crippen MR) is 147 cm³/mol. The van der Waals surface area contributed by atoms with Crippen molar-refractivity contribution in [3.8, 4) is 0 Å². The quantitative estimate of drug-likeness (QED) is 0.316. The maximum absolute atomic E-state index is 16.3. The molecule has 2 saturated heterocycles. The van der Waals surface area contributed by atoms with Crippen LogP contribution in [-0.4, -0.2) is 98.8 Å². The zero-order valence-electron chi connectivity index (χ0n) is 25.3. The molecular formula is C29H30F9N7O3. The molecule has 48 heavy (non-hydrogen) atoms. The van der Waals surface area contributed by atoms with E-state index >= 15 is 4.39 Å². The van der Waals surface area contributed by atoms with E-state index in [4.69, 9.17) is 0 Å². The fourth-order valence-corrected chi connectivity index (χ4v) is 6.91. The molecule has 3 aromatic rings. The minimum atomic E-state index is -4.50. The highest BCUT2D eigenvalue weighted by atomic mass is 19.3. The van der Waals surface area contributed by atoms with Gasteiger partial charge in [-0.2, -0.15) is 17.6 Å². The molecule has 3 aliphatic rings. The van der Waals surface area contributed by atoms with Crippen molar-refractivity contribution >= 4 is 22.8 Å².